The number of thiazole rings is 1. The highest BCUT2D eigenvalue weighted by Gasteiger charge is 2.39. The number of hydrogen-bond donors (Lipinski definition) is 0. The lowest BCUT2D eigenvalue weighted by Gasteiger charge is -2.40. The SMILES string of the molecule is Cc1cnc(OC2CN(C(=O)N3N=CCC3c3cc(F)cc(F)c3)C2)s1. The van der Waals surface area contributed by atoms with E-state index < -0.39 is 17.7 Å². The number of hydrazone groups is 1. The standard InChI is InChI=1S/C17H16F2N4O2S/c1-10-7-20-16(26-10)25-14-8-22(9-14)17(24)23-15(2-3-21-23)11-4-12(18)6-13(19)5-11/h3-7,14-15H,2,8-9H2,1H3. The molecule has 6 nitrogen and oxygen atoms in total. The molecule has 0 spiro atoms. The highest BCUT2D eigenvalue weighted by molar-refractivity contribution is 7.13. The predicted molar refractivity (Wildman–Crippen MR) is 92.3 cm³/mol. The number of rotatable bonds is 3. The lowest BCUT2D eigenvalue weighted by atomic mass is 10.0. The van der Waals surface area contributed by atoms with E-state index in [1.807, 2.05) is 6.92 Å². The van der Waals surface area contributed by atoms with Crippen LogP contribution in [0.1, 0.15) is 22.9 Å². The van der Waals surface area contributed by atoms with E-state index in [-0.39, 0.29) is 12.1 Å². The van der Waals surface area contributed by atoms with E-state index in [0.717, 1.165) is 10.9 Å². The summed E-state index contributed by atoms with van der Waals surface area (Å²) in [5, 5.41) is 5.95. The van der Waals surface area contributed by atoms with Gasteiger partial charge >= 0.3 is 6.03 Å². The molecule has 2 aromatic rings. The minimum absolute atomic E-state index is 0.110. The number of aryl methyl sites for hydroxylation is 1. The summed E-state index contributed by atoms with van der Waals surface area (Å²) >= 11 is 1.46. The molecule has 3 heterocycles. The quantitative estimate of drug-likeness (QED) is 0.823. The summed E-state index contributed by atoms with van der Waals surface area (Å²) in [6.07, 6.45) is 3.63. The maximum Gasteiger partial charge on any atom is 0.341 e. The molecular weight excluding hydrogens is 362 g/mol. The van der Waals surface area contributed by atoms with Crippen molar-refractivity contribution < 1.29 is 18.3 Å². The molecule has 1 aromatic heterocycles. The van der Waals surface area contributed by atoms with Gasteiger partial charge in [0.1, 0.15) is 17.7 Å². The zero-order valence-electron chi connectivity index (χ0n) is 13.9. The second-order valence-electron chi connectivity index (χ2n) is 6.26. The Balaban J connectivity index is 1.39. The number of amides is 2. The molecule has 0 bridgehead atoms. The highest BCUT2D eigenvalue weighted by atomic mass is 32.1. The third-order valence-electron chi connectivity index (χ3n) is 4.28. The second-order valence-corrected chi connectivity index (χ2v) is 7.46. The van der Waals surface area contributed by atoms with Gasteiger partial charge in [-0.15, -0.1) is 0 Å². The number of carbonyl (C=O) groups is 1. The Labute approximate surface area is 152 Å². The molecule has 0 N–H and O–H groups in total. The van der Waals surface area contributed by atoms with Crippen LogP contribution in [0.2, 0.25) is 0 Å². The molecule has 136 valence electrons. The minimum Gasteiger partial charge on any atom is -0.463 e. The molecule has 1 unspecified atom stereocenters. The first-order valence-corrected chi connectivity index (χ1v) is 8.97. The monoisotopic (exact) mass is 378 g/mol. The molecule has 1 fully saturated rings. The topological polar surface area (TPSA) is 58.0 Å². The molecule has 0 aliphatic carbocycles. The maximum absolute atomic E-state index is 13.5. The minimum atomic E-state index is -0.671. The third-order valence-corrected chi connectivity index (χ3v) is 5.09. The number of likely N-dealkylation sites (tertiary alicyclic amines) is 1. The van der Waals surface area contributed by atoms with Crippen molar-refractivity contribution in [2.24, 2.45) is 5.10 Å². The van der Waals surface area contributed by atoms with E-state index >= 15 is 0 Å². The van der Waals surface area contributed by atoms with Crippen molar-refractivity contribution >= 4 is 23.6 Å². The van der Waals surface area contributed by atoms with E-state index in [2.05, 4.69) is 10.1 Å². The predicted octanol–water partition coefficient (Wildman–Crippen LogP) is 3.35. The molecule has 4 rings (SSSR count). The van der Waals surface area contributed by atoms with Gasteiger partial charge in [0.05, 0.1) is 19.1 Å². The van der Waals surface area contributed by atoms with Crippen LogP contribution >= 0.6 is 11.3 Å². The van der Waals surface area contributed by atoms with Gasteiger partial charge in [-0.2, -0.15) is 5.10 Å². The van der Waals surface area contributed by atoms with Crippen molar-refractivity contribution in [3.05, 3.63) is 46.5 Å². The Kier molecular flexibility index (Phi) is 4.31. The van der Waals surface area contributed by atoms with Crippen LogP contribution in [0.3, 0.4) is 0 Å². The van der Waals surface area contributed by atoms with E-state index in [0.29, 0.717) is 30.3 Å². The average Bonchev–Trinajstić information content (AvgIpc) is 3.18. The van der Waals surface area contributed by atoms with Crippen LogP contribution in [-0.2, 0) is 0 Å². The van der Waals surface area contributed by atoms with E-state index in [4.69, 9.17) is 4.74 Å². The maximum atomic E-state index is 13.5. The van der Waals surface area contributed by atoms with Crippen LogP contribution in [0.4, 0.5) is 13.6 Å². The largest absolute Gasteiger partial charge is 0.463 e. The van der Waals surface area contributed by atoms with Gasteiger partial charge in [-0.1, -0.05) is 11.3 Å². The molecule has 26 heavy (non-hydrogen) atoms. The van der Waals surface area contributed by atoms with Gasteiger partial charge in [0, 0.05) is 29.8 Å². The number of benzene rings is 1. The van der Waals surface area contributed by atoms with Gasteiger partial charge in [-0.3, -0.25) is 0 Å². The van der Waals surface area contributed by atoms with Gasteiger partial charge in [0.15, 0.2) is 0 Å². The van der Waals surface area contributed by atoms with Gasteiger partial charge in [-0.25, -0.2) is 23.6 Å². The van der Waals surface area contributed by atoms with Crippen molar-refractivity contribution in [1.82, 2.24) is 14.9 Å². The first kappa shape index (κ1) is 16.9. The summed E-state index contributed by atoms with van der Waals surface area (Å²) < 4.78 is 32.7. The summed E-state index contributed by atoms with van der Waals surface area (Å²) in [5.41, 5.74) is 0.389. The molecule has 9 heteroatoms. The zero-order valence-corrected chi connectivity index (χ0v) is 14.7. The zero-order chi connectivity index (χ0) is 18.3. The second kappa shape index (κ2) is 6.64. The van der Waals surface area contributed by atoms with Crippen LogP contribution in [-0.4, -0.2) is 46.3 Å². The lowest BCUT2D eigenvalue weighted by molar-refractivity contribution is 0.0276. The van der Waals surface area contributed by atoms with Gasteiger partial charge in [0.2, 0.25) is 0 Å². The Bertz CT molecular complexity index is 846. The van der Waals surface area contributed by atoms with Crippen molar-refractivity contribution in [1.29, 1.82) is 0 Å². The van der Waals surface area contributed by atoms with Gasteiger partial charge in [0.25, 0.3) is 5.19 Å². The Morgan fingerprint density at radius 2 is 2.00 bits per heavy atom. The average molecular weight is 378 g/mol. The fourth-order valence-electron chi connectivity index (χ4n) is 2.99. The van der Waals surface area contributed by atoms with E-state index in [1.165, 1.54) is 28.5 Å². The Morgan fingerprint density at radius 1 is 1.27 bits per heavy atom. The van der Waals surface area contributed by atoms with Crippen molar-refractivity contribution in [3.8, 4) is 5.19 Å². The molecule has 1 saturated heterocycles. The highest BCUT2D eigenvalue weighted by Crippen LogP contribution is 2.31. The number of carbonyl (C=O) groups excluding carboxylic acids is 1. The van der Waals surface area contributed by atoms with E-state index in [9.17, 15) is 13.6 Å². The smallest absolute Gasteiger partial charge is 0.341 e. The van der Waals surface area contributed by atoms with Crippen LogP contribution < -0.4 is 4.74 Å². The Hall–Kier alpha value is -2.55. The third kappa shape index (κ3) is 3.26. The van der Waals surface area contributed by atoms with Gasteiger partial charge < -0.3 is 9.64 Å². The van der Waals surface area contributed by atoms with Crippen molar-refractivity contribution in [2.45, 2.75) is 25.5 Å². The van der Waals surface area contributed by atoms with Crippen LogP contribution in [0, 0.1) is 18.6 Å². The summed E-state index contributed by atoms with van der Waals surface area (Å²) in [7, 11) is 0. The van der Waals surface area contributed by atoms with E-state index in [1.54, 1.807) is 17.3 Å². The van der Waals surface area contributed by atoms with Crippen LogP contribution in [0.5, 0.6) is 5.19 Å². The number of ether oxygens (including phenoxy) is 1. The number of aromatic nitrogens is 1. The normalized spacial score (nSPS) is 19.7. The molecule has 1 atom stereocenters. The van der Waals surface area contributed by atoms with Crippen LogP contribution in [0.15, 0.2) is 29.5 Å². The van der Waals surface area contributed by atoms with Crippen molar-refractivity contribution in [2.75, 3.05) is 13.1 Å². The molecule has 0 radical (unpaired) electrons. The number of halogens is 2. The number of hydrogen-bond acceptors (Lipinski definition) is 5. The molecule has 1 aromatic carbocycles. The molecule has 0 saturated carbocycles. The summed E-state index contributed by atoms with van der Waals surface area (Å²) in [6, 6.07) is 2.46. The first-order valence-electron chi connectivity index (χ1n) is 8.15. The molecular formula is C17H16F2N4O2S. The molecule has 2 aliphatic rings. The summed E-state index contributed by atoms with van der Waals surface area (Å²) in [4.78, 5) is 19.5. The lowest BCUT2D eigenvalue weighted by Crippen LogP contribution is -2.58. The fraction of sp³-hybridized carbons (Fsp3) is 0.353. The summed E-state index contributed by atoms with van der Waals surface area (Å²) in [6.45, 7) is 2.79. The number of nitrogens with zero attached hydrogens (tertiary/aromatic N) is 4. The fourth-order valence-corrected chi connectivity index (χ4v) is 3.66. The number of urea groups is 1. The molecule has 2 aliphatic heterocycles. The Morgan fingerprint density at radius 3 is 2.65 bits per heavy atom. The van der Waals surface area contributed by atoms with Gasteiger partial charge in [-0.05, 0) is 24.6 Å². The van der Waals surface area contributed by atoms with Crippen molar-refractivity contribution in [3.63, 3.8) is 0 Å². The first-order chi connectivity index (χ1) is 12.5. The molecule has 2 amide bonds. The summed E-state index contributed by atoms with van der Waals surface area (Å²) in [5.74, 6) is -1.34. The van der Waals surface area contributed by atoms with Crippen LogP contribution in [0.25, 0.3) is 0 Å².